The van der Waals surface area contributed by atoms with Gasteiger partial charge in [-0.3, -0.25) is 9.53 Å². The van der Waals surface area contributed by atoms with Gasteiger partial charge in [0.15, 0.2) is 0 Å². The lowest BCUT2D eigenvalue weighted by molar-refractivity contribution is 0.553. The number of aromatic nitrogens is 1. The van der Waals surface area contributed by atoms with Crippen molar-refractivity contribution in [1.29, 1.82) is 5.26 Å². The van der Waals surface area contributed by atoms with Crippen LogP contribution in [-0.2, 0) is 10.8 Å². The number of rotatable bonds is 5. The van der Waals surface area contributed by atoms with Gasteiger partial charge in [0.1, 0.15) is 11.8 Å². The highest BCUT2D eigenvalue weighted by molar-refractivity contribution is 7.86. The summed E-state index contributed by atoms with van der Waals surface area (Å²) < 4.78 is 11.8. The largest absolute Gasteiger partial charge is 0.299 e. The molecule has 0 saturated carbocycles. The first kappa shape index (κ1) is 15.8. The molecule has 0 radical (unpaired) electrons. The predicted molar refractivity (Wildman–Crippen MR) is 77.9 cm³/mol. The number of pyridine rings is 1. The van der Waals surface area contributed by atoms with Crippen LogP contribution in [0, 0.1) is 11.3 Å². The molecular formula is C14H21N3OS. The quantitative estimate of drug-likeness (QED) is 0.899. The Hall–Kier alpha value is -1.25. The molecule has 0 aromatic carbocycles. The van der Waals surface area contributed by atoms with E-state index < -0.39 is 10.8 Å². The molecule has 1 rings (SSSR count). The zero-order valence-electron chi connectivity index (χ0n) is 11.9. The van der Waals surface area contributed by atoms with Crippen LogP contribution in [0.2, 0.25) is 0 Å². The molecule has 2 atom stereocenters. The van der Waals surface area contributed by atoms with E-state index in [4.69, 9.17) is 5.26 Å². The summed E-state index contributed by atoms with van der Waals surface area (Å²) >= 11 is 0. The fraction of sp³-hybridized carbons (Fsp3) is 0.571. The van der Waals surface area contributed by atoms with E-state index in [0.717, 1.165) is 12.0 Å². The zero-order chi connectivity index (χ0) is 14.5. The topological polar surface area (TPSA) is 65.8 Å². The average molecular weight is 279 g/mol. The summed E-state index contributed by atoms with van der Waals surface area (Å²) in [7, 11) is -0.932. The number of nitrogens with one attached hydrogen (secondary N) is 1. The molecule has 1 unspecified atom stereocenters. The van der Waals surface area contributed by atoms with Crippen LogP contribution >= 0.6 is 0 Å². The van der Waals surface area contributed by atoms with Crippen molar-refractivity contribution < 1.29 is 4.21 Å². The summed E-state index contributed by atoms with van der Waals surface area (Å²) in [4.78, 5) is 3.96. The van der Waals surface area contributed by atoms with Crippen molar-refractivity contribution in [3.63, 3.8) is 0 Å². The van der Waals surface area contributed by atoms with Crippen molar-refractivity contribution >= 4 is 10.8 Å². The van der Waals surface area contributed by atoms with Gasteiger partial charge < -0.3 is 0 Å². The van der Waals surface area contributed by atoms with E-state index in [2.05, 4.69) is 17.2 Å². The van der Waals surface area contributed by atoms with Crippen LogP contribution in [0.4, 0.5) is 0 Å². The SMILES string of the molecule is CC[C@H](NCS(=O)C(C)(C)C)c1ccnc(C#N)c1. The maximum absolute atomic E-state index is 12.0. The second-order valence-electron chi connectivity index (χ2n) is 5.35. The maximum atomic E-state index is 12.0. The van der Waals surface area contributed by atoms with Gasteiger partial charge in [-0.1, -0.05) is 6.92 Å². The van der Waals surface area contributed by atoms with Crippen LogP contribution in [0.3, 0.4) is 0 Å². The average Bonchev–Trinajstić information content (AvgIpc) is 2.38. The van der Waals surface area contributed by atoms with Crippen LogP contribution < -0.4 is 5.32 Å². The monoisotopic (exact) mass is 279 g/mol. The van der Waals surface area contributed by atoms with E-state index in [1.54, 1.807) is 12.3 Å². The second kappa shape index (κ2) is 6.78. The molecule has 0 aliphatic rings. The minimum absolute atomic E-state index is 0.0985. The molecule has 0 fully saturated rings. The molecule has 1 N–H and O–H groups in total. The van der Waals surface area contributed by atoms with Crippen molar-refractivity contribution in [3.8, 4) is 6.07 Å². The zero-order valence-corrected chi connectivity index (χ0v) is 12.8. The number of nitriles is 1. The summed E-state index contributed by atoms with van der Waals surface area (Å²) in [5.74, 6) is 0.451. The fourth-order valence-corrected chi connectivity index (χ4v) is 2.40. The van der Waals surface area contributed by atoms with Gasteiger partial charge in [-0.2, -0.15) is 5.26 Å². The van der Waals surface area contributed by atoms with E-state index in [1.165, 1.54) is 0 Å². The normalized spacial score (nSPS) is 14.7. The lowest BCUT2D eigenvalue weighted by Gasteiger charge is -2.22. The van der Waals surface area contributed by atoms with E-state index in [9.17, 15) is 4.21 Å². The summed E-state index contributed by atoms with van der Waals surface area (Å²) in [6.07, 6.45) is 2.51. The molecule has 0 aliphatic heterocycles. The summed E-state index contributed by atoms with van der Waals surface area (Å²) in [6.45, 7) is 7.95. The Bertz CT molecular complexity index is 488. The molecule has 19 heavy (non-hydrogen) atoms. The lowest BCUT2D eigenvalue weighted by atomic mass is 10.1. The van der Waals surface area contributed by atoms with Crippen LogP contribution in [0.5, 0.6) is 0 Å². The molecule has 0 spiro atoms. The molecule has 1 aromatic rings. The Balaban J connectivity index is 2.74. The summed E-state index contributed by atoms with van der Waals surface area (Å²) in [5.41, 5.74) is 1.43. The Morgan fingerprint density at radius 1 is 1.53 bits per heavy atom. The number of nitrogens with zero attached hydrogens (tertiary/aromatic N) is 2. The van der Waals surface area contributed by atoms with Gasteiger partial charge >= 0.3 is 0 Å². The van der Waals surface area contributed by atoms with Gasteiger partial charge in [-0.15, -0.1) is 0 Å². The highest BCUT2D eigenvalue weighted by Gasteiger charge is 2.20. The van der Waals surface area contributed by atoms with E-state index in [-0.39, 0.29) is 10.8 Å². The minimum Gasteiger partial charge on any atom is -0.299 e. The van der Waals surface area contributed by atoms with Crippen molar-refractivity contribution in [2.45, 2.75) is 44.9 Å². The Morgan fingerprint density at radius 2 is 2.21 bits per heavy atom. The first-order valence-electron chi connectivity index (χ1n) is 6.36. The van der Waals surface area contributed by atoms with E-state index in [1.807, 2.05) is 32.9 Å². The fourth-order valence-electron chi connectivity index (χ4n) is 1.62. The summed E-state index contributed by atoms with van der Waals surface area (Å²) in [6, 6.07) is 5.80. The minimum atomic E-state index is -0.932. The van der Waals surface area contributed by atoms with Gasteiger partial charge in [0.25, 0.3) is 0 Å². The van der Waals surface area contributed by atoms with Gasteiger partial charge in [0.05, 0.1) is 5.88 Å². The number of hydrogen-bond donors (Lipinski definition) is 1. The van der Waals surface area contributed by atoms with Crippen molar-refractivity contribution in [1.82, 2.24) is 10.3 Å². The van der Waals surface area contributed by atoms with Gasteiger partial charge in [-0.25, -0.2) is 4.98 Å². The molecule has 0 aliphatic carbocycles. The third-order valence-corrected chi connectivity index (χ3v) is 4.65. The van der Waals surface area contributed by atoms with Crippen molar-refractivity contribution in [3.05, 3.63) is 29.6 Å². The van der Waals surface area contributed by atoms with Gasteiger partial charge in [0.2, 0.25) is 0 Å². The van der Waals surface area contributed by atoms with Crippen molar-refractivity contribution in [2.75, 3.05) is 5.88 Å². The first-order valence-corrected chi connectivity index (χ1v) is 7.68. The molecular weight excluding hydrogens is 258 g/mol. The van der Waals surface area contributed by atoms with Crippen LogP contribution in [-0.4, -0.2) is 19.8 Å². The van der Waals surface area contributed by atoms with Crippen LogP contribution in [0.25, 0.3) is 0 Å². The van der Waals surface area contributed by atoms with E-state index in [0.29, 0.717) is 11.6 Å². The molecule has 4 nitrogen and oxygen atoms in total. The second-order valence-corrected chi connectivity index (χ2v) is 7.56. The van der Waals surface area contributed by atoms with Gasteiger partial charge in [0, 0.05) is 27.8 Å². The van der Waals surface area contributed by atoms with E-state index >= 15 is 0 Å². The Kier molecular flexibility index (Phi) is 5.64. The smallest absolute Gasteiger partial charge is 0.140 e. The number of hydrogen-bond acceptors (Lipinski definition) is 4. The molecule has 1 aromatic heterocycles. The predicted octanol–water partition coefficient (Wildman–Crippen LogP) is 2.50. The third-order valence-electron chi connectivity index (χ3n) is 2.85. The van der Waals surface area contributed by atoms with Gasteiger partial charge in [-0.05, 0) is 44.9 Å². The Morgan fingerprint density at radius 3 is 2.74 bits per heavy atom. The first-order chi connectivity index (χ1) is 8.88. The standard InChI is InChI=1S/C14H21N3OS/c1-5-13(17-10-19(18)14(2,3)4)11-6-7-16-12(8-11)9-15/h6-8,13,17H,5,10H2,1-4H3/t13-,19?/m0/s1. The maximum Gasteiger partial charge on any atom is 0.140 e. The van der Waals surface area contributed by atoms with Crippen LogP contribution in [0.15, 0.2) is 18.3 Å². The van der Waals surface area contributed by atoms with Crippen LogP contribution in [0.1, 0.15) is 51.4 Å². The lowest BCUT2D eigenvalue weighted by Crippen LogP contribution is -2.33. The van der Waals surface area contributed by atoms with Crippen molar-refractivity contribution in [2.24, 2.45) is 0 Å². The highest BCUT2D eigenvalue weighted by Crippen LogP contribution is 2.18. The highest BCUT2D eigenvalue weighted by atomic mass is 32.2. The molecule has 5 heteroatoms. The molecule has 0 amide bonds. The molecule has 1 heterocycles. The molecule has 0 bridgehead atoms. The third kappa shape index (κ3) is 4.73. The summed E-state index contributed by atoms with van der Waals surface area (Å²) in [5, 5.41) is 12.2. The molecule has 104 valence electrons. The molecule has 0 saturated heterocycles. The Labute approximate surface area is 117 Å².